The second-order valence-corrected chi connectivity index (χ2v) is 6.55. The highest BCUT2D eigenvalue weighted by Crippen LogP contribution is 2.14. The third kappa shape index (κ3) is 6.06. The molecular weight excluding hydrogens is 334 g/mol. The van der Waals surface area contributed by atoms with E-state index in [0.717, 1.165) is 25.9 Å². The van der Waals surface area contributed by atoms with Crippen molar-refractivity contribution in [3.05, 3.63) is 29.8 Å². The normalized spacial score (nSPS) is 13.8. The van der Waals surface area contributed by atoms with Crippen LogP contribution >= 0.6 is 0 Å². The van der Waals surface area contributed by atoms with Crippen molar-refractivity contribution in [1.82, 2.24) is 15.1 Å². The monoisotopic (exact) mass is 361 g/mol. The minimum absolute atomic E-state index is 0.0809. The van der Waals surface area contributed by atoms with E-state index in [9.17, 15) is 14.4 Å². The van der Waals surface area contributed by atoms with Gasteiger partial charge in [0, 0.05) is 45.7 Å². The van der Waals surface area contributed by atoms with Gasteiger partial charge in [-0.3, -0.25) is 14.4 Å². The first-order valence-corrected chi connectivity index (χ1v) is 8.96. The van der Waals surface area contributed by atoms with Crippen LogP contribution in [0.4, 0.5) is 0 Å². The third-order valence-electron chi connectivity index (χ3n) is 4.29. The summed E-state index contributed by atoms with van der Waals surface area (Å²) in [5.74, 6) is 0.124. The molecule has 0 saturated carbocycles. The molecule has 0 radical (unpaired) electrons. The number of likely N-dealkylation sites (N-methyl/N-ethyl adjacent to an activating group) is 1. The van der Waals surface area contributed by atoms with Crippen LogP contribution in [-0.4, -0.2) is 67.9 Å². The summed E-state index contributed by atoms with van der Waals surface area (Å²) in [4.78, 5) is 39.2. The summed E-state index contributed by atoms with van der Waals surface area (Å²) < 4.78 is 5.41. The van der Waals surface area contributed by atoms with Gasteiger partial charge < -0.3 is 19.9 Å². The first kappa shape index (κ1) is 19.8. The number of hydrogen-bond acceptors (Lipinski definition) is 4. The van der Waals surface area contributed by atoms with E-state index in [2.05, 4.69) is 5.32 Å². The number of amides is 3. The average Bonchev–Trinajstić information content (AvgIpc) is 2.66. The third-order valence-corrected chi connectivity index (χ3v) is 4.29. The molecule has 2 rings (SSSR count). The lowest BCUT2D eigenvalue weighted by Crippen LogP contribution is -2.37. The summed E-state index contributed by atoms with van der Waals surface area (Å²) in [5.41, 5.74) is 0.435. The SMILES string of the molecule is CN(C)C(=O)COc1cccc(C(=O)NCCC(=O)N2CCCCC2)c1. The van der Waals surface area contributed by atoms with Crippen LogP contribution in [-0.2, 0) is 9.59 Å². The topological polar surface area (TPSA) is 79.0 Å². The zero-order valence-corrected chi connectivity index (χ0v) is 15.5. The lowest BCUT2D eigenvalue weighted by Gasteiger charge is -2.26. The van der Waals surface area contributed by atoms with Crippen LogP contribution in [0.5, 0.6) is 5.75 Å². The summed E-state index contributed by atoms with van der Waals surface area (Å²) in [6, 6.07) is 6.65. The van der Waals surface area contributed by atoms with Gasteiger partial charge in [-0.1, -0.05) is 6.07 Å². The molecule has 7 nitrogen and oxygen atoms in total. The number of nitrogens with one attached hydrogen (secondary N) is 1. The highest BCUT2D eigenvalue weighted by molar-refractivity contribution is 5.94. The molecule has 1 aliphatic rings. The molecule has 142 valence electrons. The van der Waals surface area contributed by atoms with Gasteiger partial charge in [0.1, 0.15) is 5.75 Å². The zero-order chi connectivity index (χ0) is 18.9. The van der Waals surface area contributed by atoms with Crippen molar-refractivity contribution >= 4 is 17.7 Å². The fraction of sp³-hybridized carbons (Fsp3) is 0.526. The van der Waals surface area contributed by atoms with Gasteiger partial charge in [0.2, 0.25) is 5.91 Å². The van der Waals surface area contributed by atoms with Crippen molar-refractivity contribution in [3.63, 3.8) is 0 Å². The summed E-state index contributed by atoms with van der Waals surface area (Å²) in [6.45, 7) is 1.86. The van der Waals surface area contributed by atoms with E-state index in [1.807, 2.05) is 4.90 Å². The molecule has 1 saturated heterocycles. The van der Waals surface area contributed by atoms with Gasteiger partial charge in [-0.05, 0) is 37.5 Å². The van der Waals surface area contributed by atoms with E-state index in [1.54, 1.807) is 38.4 Å². The van der Waals surface area contributed by atoms with Crippen LogP contribution in [0.25, 0.3) is 0 Å². The Bertz CT molecular complexity index is 639. The van der Waals surface area contributed by atoms with Crippen LogP contribution in [0.2, 0.25) is 0 Å². The molecule has 26 heavy (non-hydrogen) atoms. The van der Waals surface area contributed by atoms with E-state index >= 15 is 0 Å². The van der Waals surface area contributed by atoms with Crippen molar-refractivity contribution in [2.45, 2.75) is 25.7 Å². The van der Waals surface area contributed by atoms with E-state index in [4.69, 9.17) is 4.74 Å². The molecule has 1 heterocycles. The Balaban J connectivity index is 1.78. The highest BCUT2D eigenvalue weighted by atomic mass is 16.5. The highest BCUT2D eigenvalue weighted by Gasteiger charge is 2.16. The second-order valence-electron chi connectivity index (χ2n) is 6.55. The van der Waals surface area contributed by atoms with E-state index < -0.39 is 0 Å². The molecule has 0 aromatic heterocycles. The molecule has 1 aromatic rings. The smallest absolute Gasteiger partial charge is 0.259 e. The van der Waals surface area contributed by atoms with Crippen LogP contribution < -0.4 is 10.1 Å². The lowest BCUT2D eigenvalue weighted by molar-refractivity contribution is -0.132. The van der Waals surface area contributed by atoms with Crippen LogP contribution in [0.3, 0.4) is 0 Å². The van der Waals surface area contributed by atoms with E-state index in [1.165, 1.54) is 11.3 Å². The maximum Gasteiger partial charge on any atom is 0.259 e. The minimum atomic E-state index is -0.263. The van der Waals surface area contributed by atoms with Crippen molar-refractivity contribution in [2.75, 3.05) is 40.3 Å². The molecule has 0 unspecified atom stereocenters. The number of carbonyl (C=O) groups is 3. The second kappa shape index (κ2) is 9.79. The molecule has 0 spiro atoms. The largest absolute Gasteiger partial charge is 0.484 e. The number of ether oxygens (including phenoxy) is 1. The maximum atomic E-state index is 12.2. The summed E-state index contributed by atoms with van der Waals surface area (Å²) in [6.07, 6.45) is 3.60. The first-order chi connectivity index (χ1) is 12.5. The molecule has 0 atom stereocenters. The van der Waals surface area contributed by atoms with Gasteiger partial charge in [0.15, 0.2) is 6.61 Å². The quantitative estimate of drug-likeness (QED) is 0.794. The predicted molar refractivity (Wildman–Crippen MR) is 98.0 cm³/mol. The maximum absolute atomic E-state index is 12.2. The Kier molecular flexibility index (Phi) is 7.44. The van der Waals surface area contributed by atoms with Crippen LogP contribution in [0.1, 0.15) is 36.0 Å². The Labute approximate surface area is 154 Å². The molecule has 1 fully saturated rings. The van der Waals surface area contributed by atoms with Crippen molar-refractivity contribution in [2.24, 2.45) is 0 Å². The fourth-order valence-electron chi connectivity index (χ4n) is 2.69. The molecule has 7 heteroatoms. The number of nitrogens with zero attached hydrogens (tertiary/aromatic N) is 2. The molecular formula is C19H27N3O4. The van der Waals surface area contributed by atoms with Crippen molar-refractivity contribution in [1.29, 1.82) is 0 Å². The average molecular weight is 361 g/mol. The van der Waals surface area contributed by atoms with Gasteiger partial charge >= 0.3 is 0 Å². The van der Waals surface area contributed by atoms with Crippen molar-refractivity contribution in [3.8, 4) is 5.75 Å². The molecule has 0 bridgehead atoms. The van der Waals surface area contributed by atoms with E-state index in [-0.39, 0.29) is 24.3 Å². The Morgan fingerprint density at radius 2 is 1.88 bits per heavy atom. The number of piperidine rings is 1. The standard InChI is InChI=1S/C19H27N3O4/c1-21(2)18(24)14-26-16-8-6-7-15(13-16)19(25)20-10-9-17(23)22-11-4-3-5-12-22/h6-8,13H,3-5,9-12,14H2,1-2H3,(H,20,25). The number of carbonyl (C=O) groups excluding carboxylic acids is 3. The summed E-state index contributed by atoms with van der Waals surface area (Å²) in [5, 5.41) is 2.76. The molecule has 3 amide bonds. The van der Waals surface area contributed by atoms with Gasteiger partial charge in [-0.2, -0.15) is 0 Å². The van der Waals surface area contributed by atoms with Crippen LogP contribution in [0, 0.1) is 0 Å². The number of hydrogen-bond donors (Lipinski definition) is 1. The van der Waals surface area contributed by atoms with Crippen molar-refractivity contribution < 1.29 is 19.1 Å². The predicted octanol–water partition coefficient (Wildman–Crippen LogP) is 1.29. The van der Waals surface area contributed by atoms with Gasteiger partial charge in [0.05, 0.1) is 0 Å². The van der Waals surface area contributed by atoms with E-state index in [0.29, 0.717) is 24.3 Å². The minimum Gasteiger partial charge on any atom is -0.484 e. The first-order valence-electron chi connectivity index (χ1n) is 8.96. The molecule has 0 aliphatic carbocycles. The number of benzene rings is 1. The van der Waals surface area contributed by atoms with Crippen LogP contribution in [0.15, 0.2) is 24.3 Å². The fourth-order valence-corrected chi connectivity index (χ4v) is 2.69. The Hall–Kier alpha value is -2.57. The molecule has 1 N–H and O–H groups in total. The van der Waals surface area contributed by atoms with Gasteiger partial charge in [0.25, 0.3) is 11.8 Å². The Morgan fingerprint density at radius 3 is 2.58 bits per heavy atom. The summed E-state index contributed by atoms with van der Waals surface area (Å²) in [7, 11) is 3.31. The summed E-state index contributed by atoms with van der Waals surface area (Å²) >= 11 is 0. The molecule has 1 aliphatic heterocycles. The van der Waals surface area contributed by atoms with Gasteiger partial charge in [-0.25, -0.2) is 0 Å². The van der Waals surface area contributed by atoms with Gasteiger partial charge in [-0.15, -0.1) is 0 Å². The zero-order valence-electron chi connectivity index (χ0n) is 15.5. The number of likely N-dealkylation sites (tertiary alicyclic amines) is 1. The Morgan fingerprint density at radius 1 is 1.15 bits per heavy atom. The molecule has 1 aromatic carbocycles. The number of rotatable bonds is 7. The lowest BCUT2D eigenvalue weighted by atomic mass is 10.1.